The van der Waals surface area contributed by atoms with Crippen molar-refractivity contribution in [2.75, 3.05) is 10.5 Å². The lowest BCUT2D eigenvalue weighted by atomic mass is 10.1. The molecule has 4 aromatic rings. The van der Waals surface area contributed by atoms with E-state index in [0.717, 1.165) is 29.3 Å². The zero-order chi connectivity index (χ0) is 24.6. The van der Waals surface area contributed by atoms with E-state index in [2.05, 4.69) is 15.0 Å². The fourth-order valence-corrected chi connectivity index (χ4v) is 5.40. The van der Waals surface area contributed by atoms with E-state index in [0.29, 0.717) is 21.8 Å². The topological polar surface area (TPSA) is 111 Å². The highest BCUT2D eigenvalue weighted by Gasteiger charge is 2.26. The van der Waals surface area contributed by atoms with Crippen molar-refractivity contribution in [3.05, 3.63) is 71.1 Å². The zero-order valence-corrected chi connectivity index (χ0v) is 19.5. The van der Waals surface area contributed by atoms with Crippen molar-refractivity contribution in [3.63, 3.8) is 0 Å². The summed E-state index contributed by atoms with van der Waals surface area (Å²) in [6.07, 6.45) is 1.49. The number of sulfonamides is 1. The van der Waals surface area contributed by atoms with Gasteiger partial charge < -0.3 is 5.73 Å². The summed E-state index contributed by atoms with van der Waals surface area (Å²) in [7, 11) is -4.77. The van der Waals surface area contributed by atoms with Crippen molar-refractivity contribution in [2.45, 2.75) is 24.7 Å². The van der Waals surface area contributed by atoms with Gasteiger partial charge in [-0.1, -0.05) is 19.9 Å². The molecule has 12 heteroatoms. The molecular formula is C22H18F3N5O2S2. The second kappa shape index (κ2) is 9.03. The van der Waals surface area contributed by atoms with Crippen LogP contribution in [0.5, 0.6) is 0 Å². The summed E-state index contributed by atoms with van der Waals surface area (Å²) < 4.78 is 70.0. The lowest BCUT2D eigenvalue weighted by molar-refractivity contribution is 0.521. The van der Waals surface area contributed by atoms with Crippen molar-refractivity contribution < 1.29 is 21.6 Å². The number of thiazole rings is 1. The fraction of sp³-hybridized carbons (Fsp3) is 0.136. The summed E-state index contributed by atoms with van der Waals surface area (Å²) >= 11 is 1.36. The first-order chi connectivity index (χ1) is 16.1. The minimum atomic E-state index is -4.77. The van der Waals surface area contributed by atoms with Gasteiger partial charge in [-0.15, -0.1) is 11.3 Å². The number of rotatable bonds is 6. The van der Waals surface area contributed by atoms with Gasteiger partial charge in [-0.05, 0) is 36.4 Å². The molecule has 3 N–H and O–H groups in total. The summed E-state index contributed by atoms with van der Waals surface area (Å²) in [6, 6.07) is 7.94. The summed E-state index contributed by atoms with van der Waals surface area (Å²) in [5.74, 6) is -3.40. The molecule has 2 aromatic carbocycles. The minimum absolute atomic E-state index is 0.0578. The Labute approximate surface area is 197 Å². The Morgan fingerprint density at radius 1 is 1.00 bits per heavy atom. The predicted octanol–water partition coefficient (Wildman–Crippen LogP) is 5.19. The Bertz CT molecular complexity index is 1470. The summed E-state index contributed by atoms with van der Waals surface area (Å²) in [5.41, 5.74) is 6.50. The van der Waals surface area contributed by atoms with E-state index < -0.39 is 38.1 Å². The molecule has 0 fully saturated rings. The van der Waals surface area contributed by atoms with Gasteiger partial charge in [0.2, 0.25) is 5.95 Å². The molecule has 176 valence electrons. The number of nitrogens with one attached hydrogen (secondary N) is 1. The van der Waals surface area contributed by atoms with E-state index in [1.54, 1.807) is 6.07 Å². The normalized spacial score (nSPS) is 11.7. The molecule has 0 saturated carbocycles. The standard InChI is InChI=1S/C22H18F3N5O2S2/c1-11(2)21-29-18(19(33-21)16-8-9-27-22(26)28-16)12-6-7-13(23)17(10-12)30-34(31,32)20-14(24)4-3-5-15(20)25/h3-11,30H,1-2H3,(H2,26,27,28). The van der Waals surface area contributed by atoms with Gasteiger partial charge >= 0.3 is 0 Å². The Hall–Kier alpha value is -3.51. The molecule has 0 unspecified atom stereocenters. The number of aromatic nitrogens is 3. The number of benzene rings is 2. The van der Waals surface area contributed by atoms with Crippen molar-refractivity contribution in [3.8, 4) is 21.8 Å². The van der Waals surface area contributed by atoms with Crippen molar-refractivity contribution in [2.24, 2.45) is 0 Å². The quantitative estimate of drug-likeness (QED) is 0.373. The van der Waals surface area contributed by atoms with Crippen LogP contribution in [-0.2, 0) is 10.0 Å². The Morgan fingerprint density at radius 3 is 2.35 bits per heavy atom. The fourth-order valence-electron chi connectivity index (χ4n) is 3.14. The third kappa shape index (κ3) is 4.59. The van der Waals surface area contributed by atoms with Crippen LogP contribution in [0.1, 0.15) is 24.8 Å². The number of nitrogen functional groups attached to an aromatic ring is 1. The van der Waals surface area contributed by atoms with E-state index in [1.165, 1.54) is 29.7 Å². The molecular weight excluding hydrogens is 487 g/mol. The van der Waals surface area contributed by atoms with Crippen molar-refractivity contribution in [1.29, 1.82) is 0 Å². The van der Waals surface area contributed by atoms with Gasteiger partial charge in [-0.3, -0.25) is 4.72 Å². The summed E-state index contributed by atoms with van der Waals surface area (Å²) in [4.78, 5) is 12.2. The first kappa shape index (κ1) is 23.6. The minimum Gasteiger partial charge on any atom is -0.368 e. The number of nitrogens with zero attached hydrogens (tertiary/aromatic N) is 3. The molecule has 34 heavy (non-hydrogen) atoms. The van der Waals surface area contributed by atoms with Crippen LogP contribution in [0.25, 0.3) is 21.8 Å². The van der Waals surface area contributed by atoms with Gasteiger partial charge in [0.25, 0.3) is 10.0 Å². The van der Waals surface area contributed by atoms with Crippen LogP contribution in [0.4, 0.5) is 24.8 Å². The van der Waals surface area contributed by atoms with E-state index in [-0.39, 0.29) is 11.9 Å². The van der Waals surface area contributed by atoms with E-state index in [1.807, 2.05) is 18.6 Å². The van der Waals surface area contributed by atoms with Crippen LogP contribution in [0.3, 0.4) is 0 Å². The van der Waals surface area contributed by atoms with Gasteiger partial charge in [-0.25, -0.2) is 36.5 Å². The molecule has 4 rings (SSSR count). The molecule has 0 aliphatic carbocycles. The Morgan fingerprint density at radius 2 is 1.71 bits per heavy atom. The highest BCUT2D eigenvalue weighted by Crippen LogP contribution is 2.39. The SMILES string of the molecule is CC(C)c1nc(-c2ccc(F)c(NS(=O)(=O)c3c(F)cccc3F)c2)c(-c2ccnc(N)n2)s1. The Balaban J connectivity index is 1.82. The molecule has 0 amide bonds. The van der Waals surface area contributed by atoms with Gasteiger partial charge in [-0.2, -0.15) is 0 Å². The van der Waals surface area contributed by atoms with Crippen LogP contribution >= 0.6 is 11.3 Å². The monoisotopic (exact) mass is 505 g/mol. The first-order valence-electron chi connectivity index (χ1n) is 9.93. The molecule has 0 radical (unpaired) electrons. The number of halogens is 3. The lowest BCUT2D eigenvalue weighted by Gasteiger charge is -2.12. The van der Waals surface area contributed by atoms with Gasteiger partial charge in [0, 0.05) is 17.7 Å². The summed E-state index contributed by atoms with van der Waals surface area (Å²) in [6.45, 7) is 3.90. The zero-order valence-electron chi connectivity index (χ0n) is 17.9. The highest BCUT2D eigenvalue weighted by atomic mass is 32.2. The molecule has 7 nitrogen and oxygen atoms in total. The third-order valence-corrected chi connectivity index (χ3v) is 7.51. The van der Waals surface area contributed by atoms with Crippen LogP contribution in [0.2, 0.25) is 0 Å². The second-order valence-corrected chi connectivity index (χ2v) is 10.2. The highest BCUT2D eigenvalue weighted by molar-refractivity contribution is 7.92. The molecule has 0 aliphatic heterocycles. The molecule has 2 aromatic heterocycles. The largest absolute Gasteiger partial charge is 0.368 e. The smallest absolute Gasteiger partial charge is 0.267 e. The van der Waals surface area contributed by atoms with Crippen molar-refractivity contribution in [1.82, 2.24) is 15.0 Å². The van der Waals surface area contributed by atoms with Gasteiger partial charge in [0.15, 0.2) is 4.90 Å². The molecule has 0 aliphatic rings. The maximum absolute atomic E-state index is 14.6. The average Bonchev–Trinajstić information content (AvgIpc) is 3.21. The van der Waals surface area contributed by atoms with Crippen LogP contribution in [-0.4, -0.2) is 23.4 Å². The van der Waals surface area contributed by atoms with E-state index in [9.17, 15) is 21.6 Å². The van der Waals surface area contributed by atoms with Crippen LogP contribution in [0, 0.1) is 17.5 Å². The third-order valence-electron chi connectivity index (χ3n) is 4.72. The average molecular weight is 506 g/mol. The predicted molar refractivity (Wildman–Crippen MR) is 124 cm³/mol. The second-order valence-electron chi connectivity index (χ2n) is 7.54. The molecule has 0 saturated heterocycles. The van der Waals surface area contributed by atoms with Gasteiger partial charge in [0.05, 0.1) is 27.0 Å². The van der Waals surface area contributed by atoms with E-state index in [4.69, 9.17) is 5.73 Å². The number of nitrogens with two attached hydrogens (primary N) is 1. The van der Waals surface area contributed by atoms with Crippen LogP contribution < -0.4 is 10.5 Å². The van der Waals surface area contributed by atoms with E-state index >= 15 is 0 Å². The number of hydrogen-bond acceptors (Lipinski definition) is 7. The molecule has 0 atom stereocenters. The summed E-state index contributed by atoms with van der Waals surface area (Å²) in [5, 5.41) is 0.766. The molecule has 0 spiro atoms. The van der Waals surface area contributed by atoms with Crippen molar-refractivity contribution >= 4 is 33.0 Å². The molecule has 2 heterocycles. The Kier molecular flexibility index (Phi) is 6.28. The molecule has 0 bridgehead atoms. The maximum atomic E-state index is 14.6. The number of hydrogen-bond donors (Lipinski definition) is 2. The van der Waals surface area contributed by atoms with Gasteiger partial charge in [0.1, 0.15) is 17.5 Å². The first-order valence-corrected chi connectivity index (χ1v) is 12.2. The maximum Gasteiger partial charge on any atom is 0.267 e. The lowest BCUT2D eigenvalue weighted by Crippen LogP contribution is -2.17. The number of anilines is 2. The van der Waals surface area contributed by atoms with Crippen LogP contribution in [0.15, 0.2) is 53.6 Å².